The van der Waals surface area contributed by atoms with Gasteiger partial charge in [-0.1, -0.05) is 6.07 Å². The highest BCUT2D eigenvalue weighted by Crippen LogP contribution is 2.27. The Morgan fingerprint density at radius 2 is 2.00 bits per heavy atom. The predicted molar refractivity (Wildman–Crippen MR) is 97.0 cm³/mol. The van der Waals surface area contributed by atoms with Crippen molar-refractivity contribution in [3.05, 3.63) is 48.3 Å². The first kappa shape index (κ1) is 17.6. The molecule has 1 atom stereocenters. The molecule has 0 radical (unpaired) electrons. The van der Waals surface area contributed by atoms with E-state index in [-0.39, 0.29) is 6.04 Å². The Hall–Kier alpha value is -2.76. The van der Waals surface area contributed by atoms with E-state index >= 15 is 0 Å². The zero-order chi connectivity index (χ0) is 17.7. The van der Waals surface area contributed by atoms with Gasteiger partial charge in [0.2, 0.25) is 0 Å². The smallest absolute Gasteiger partial charge is 0.412 e. The summed E-state index contributed by atoms with van der Waals surface area (Å²) in [5.41, 5.74) is 8.30. The normalized spacial score (nSPS) is 12.3. The first-order chi connectivity index (χ1) is 11.2. The highest BCUT2D eigenvalue weighted by Gasteiger charge is 2.16. The number of nitrogens with one attached hydrogen (secondary N) is 2. The molecule has 6 heteroatoms. The SMILES string of the molecule is CC(Nc1cc(NC(=O)OC(C)(C)C)ccc1N)c1ccccn1. The van der Waals surface area contributed by atoms with Gasteiger partial charge < -0.3 is 15.8 Å². The Morgan fingerprint density at radius 3 is 2.62 bits per heavy atom. The van der Waals surface area contributed by atoms with Gasteiger partial charge in [-0.25, -0.2) is 4.79 Å². The summed E-state index contributed by atoms with van der Waals surface area (Å²) in [5.74, 6) is 0. The van der Waals surface area contributed by atoms with Crippen LogP contribution < -0.4 is 16.4 Å². The number of hydrogen-bond donors (Lipinski definition) is 3. The van der Waals surface area contributed by atoms with Crippen molar-refractivity contribution < 1.29 is 9.53 Å². The third kappa shape index (κ3) is 5.15. The first-order valence-corrected chi connectivity index (χ1v) is 7.81. The lowest BCUT2D eigenvalue weighted by molar-refractivity contribution is 0.0636. The molecule has 0 saturated heterocycles. The van der Waals surface area contributed by atoms with Crippen molar-refractivity contribution in [2.24, 2.45) is 0 Å². The molecular weight excluding hydrogens is 304 g/mol. The molecule has 6 nitrogen and oxygen atoms in total. The van der Waals surface area contributed by atoms with Gasteiger partial charge in [-0.2, -0.15) is 0 Å². The number of ether oxygens (including phenoxy) is 1. The van der Waals surface area contributed by atoms with Crippen LogP contribution in [-0.2, 0) is 4.74 Å². The summed E-state index contributed by atoms with van der Waals surface area (Å²) in [6, 6.07) is 11.0. The summed E-state index contributed by atoms with van der Waals surface area (Å²) in [4.78, 5) is 16.2. The number of nitrogen functional groups attached to an aromatic ring is 1. The number of carbonyl (C=O) groups excluding carboxylic acids is 1. The molecule has 128 valence electrons. The number of rotatable bonds is 4. The number of nitrogens with two attached hydrogens (primary N) is 1. The molecule has 1 heterocycles. The lowest BCUT2D eigenvalue weighted by Gasteiger charge is -2.20. The molecule has 1 amide bonds. The number of anilines is 3. The van der Waals surface area contributed by atoms with Crippen LogP contribution >= 0.6 is 0 Å². The fourth-order valence-electron chi connectivity index (χ4n) is 2.12. The van der Waals surface area contributed by atoms with E-state index in [1.54, 1.807) is 24.4 Å². The second kappa shape index (κ2) is 7.21. The average Bonchev–Trinajstić information content (AvgIpc) is 2.49. The summed E-state index contributed by atoms with van der Waals surface area (Å²) >= 11 is 0. The molecule has 2 rings (SSSR count). The van der Waals surface area contributed by atoms with E-state index in [9.17, 15) is 4.79 Å². The standard InChI is InChI=1S/C18H24N4O2/c1-12(15-7-5-6-10-20-15)21-16-11-13(8-9-14(16)19)22-17(23)24-18(2,3)4/h5-12,21H,19H2,1-4H3,(H,22,23). The fraction of sp³-hybridized carbons (Fsp3) is 0.333. The number of amides is 1. The molecule has 0 aliphatic carbocycles. The summed E-state index contributed by atoms with van der Waals surface area (Å²) in [6.45, 7) is 7.45. The molecule has 2 aromatic rings. The lowest BCUT2D eigenvalue weighted by Crippen LogP contribution is -2.27. The van der Waals surface area contributed by atoms with Gasteiger partial charge in [0.05, 0.1) is 23.1 Å². The number of benzene rings is 1. The van der Waals surface area contributed by atoms with Crippen molar-refractivity contribution >= 4 is 23.2 Å². The van der Waals surface area contributed by atoms with Crippen molar-refractivity contribution in [1.29, 1.82) is 0 Å². The number of hydrogen-bond acceptors (Lipinski definition) is 5. The molecule has 1 aromatic heterocycles. The maximum Gasteiger partial charge on any atom is 0.412 e. The van der Waals surface area contributed by atoms with Gasteiger partial charge in [0, 0.05) is 11.9 Å². The Balaban J connectivity index is 2.10. The van der Waals surface area contributed by atoms with E-state index in [2.05, 4.69) is 15.6 Å². The molecule has 0 aliphatic rings. The van der Waals surface area contributed by atoms with Crippen LogP contribution in [0.25, 0.3) is 0 Å². The molecule has 0 fully saturated rings. The second-order valence-electron chi connectivity index (χ2n) is 6.55. The number of carbonyl (C=O) groups is 1. The lowest BCUT2D eigenvalue weighted by atomic mass is 10.1. The number of nitrogens with zero attached hydrogens (tertiary/aromatic N) is 1. The van der Waals surface area contributed by atoms with E-state index in [0.29, 0.717) is 11.4 Å². The van der Waals surface area contributed by atoms with Gasteiger partial charge in [-0.05, 0) is 58.0 Å². The zero-order valence-electron chi connectivity index (χ0n) is 14.5. The van der Waals surface area contributed by atoms with Gasteiger partial charge in [0.25, 0.3) is 0 Å². The second-order valence-corrected chi connectivity index (χ2v) is 6.55. The summed E-state index contributed by atoms with van der Waals surface area (Å²) < 4.78 is 5.25. The van der Waals surface area contributed by atoms with Gasteiger partial charge in [-0.15, -0.1) is 0 Å². The topological polar surface area (TPSA) is 89.3 Å². The molecule has 0 saturated carbocycles. The minimum atomic E-state index is -0.549. The Kier molecular flexibility index (Phi) is 5.28. The molecule has 24 heavy (non-hydrogen) atoms. The van der Waals surface area contributed by atoms with Crippen molar-refractivity contribution in [2.45, 2.75) is 39.3 Å². The maximum atomic E-state index is 11.9. The number of pyridine rings is 1. The monoisotopic (exact) mass is 328 g/mol. The van der Waals surface area contributed by atoms with Crippen LogP contribution in [-0.4, -0.2) is 16.7 Å². The predicted octanol–water partition coefficient (Wildman–Crippen LogP) is 4.18. The van der Waals surface area contributed by atoms with E-state index < -0.39 is 11.7 Å². The third-order valence-electron chi connectivity index (χ3n) is 3.20. The summed E-state index contributed by atoms with van der Waals surface area (Å²) in [6.07, 6.45) is 1.24. The van der Waals surface area contributed by atoms with E-state index in [1.165, 1.54) is 0 Å². The van der Waals surface area contributed by atoms with Crippen LogP contribution in [0.15, 0.2) is 42.6 Å². The molecular formula is C18H24N4O2. The van der Waals surface area contributed by atoms with Crippen molar-refractivity contribution in [3.63, 3.8) is 0 Å². The van der Waals surface area contributed by atoms with Crippen LogP contribution in [0.2, 0.25) is 0 Å². The van der Waals surface area contributed by atoms with Gasteiger partial charge in [0.15, 0.2) is 0 Å². The van der Waals surface area contributed by atoms with Gasteiger partial charge in [-0.3, -0.25) is 10.3 Å². The van der Waals surface area contributed by atoms with Crippen LogP contribution in [0.3, 0.4) is 0 Å². The first-order valence-electron chi connectivity index (χ1n) is 7.81. The van der Waals surface area contributed by atoms with Crippen molar-refractivity contribution in [2.75, 3.05) is 16.4 Å². The minimum Gasteiger partial charge on any atom is -0.444 e. The largest absolute Gasteiger partial charge is 0.444 e. The Labute approximate surface area is 142 Å². The van der Waals surface area contributed by atoms with Crippen LogP contribution in [0.5, 0.6) is 0 Å². The summed E-state index contributed by atoms with van der Waals surface area (Å²) in [7, 11) is 0. The molecule has 1 unspecified atom stereocenters. The van der Waals surface area contributed by atoms with Crippen LogP contribution in [0.1, 0.15) is 39.4 Å². The van der Waals surface area contributed by atoms with E-state index in [0.717, 1.165) is 11.4 Å². The number of aromatic nitrogens is 1. The van der Waals surface area contributed by atoms with E-state index in [1.807, 2.05) is 45.9 Å². The van der Waals surface area contributed by atoms with Crippen LogP contribution in [0, 0.1) is 0 Å². The molecule has 4 N–H and O–H groups in total. The minimum absolute atomic E-state index is 0.0229. The molecule has 0 aliphatic heterocycles. The van der Waals surface area contributed by atoms with Crippen molar-refractivity contribution in [3.8, 4) is 0 Å². The molecule has 0 spiro atoms. The Morgan fingerprint density at radius 1 is 1.25 bits per heavy atom. The maximum absolute atomic E-state index is 11.9. The van der Waals surface area contributed by atoms with E-state index in [4.69, 9.17) is 10.5 Å². The quantitative estimate of drug-likeness (QED) is 0.732. The van der Waals surface area contributed by atoms with Crippen molar-refractivity contribution in [1.82, 2.24) is 4.98 Å². The van der Waals surface area contributed by atoms with Crippen LogP contribution in [0.4, 0.5) is 21.9 Å². The zero-order valence-corrected chi connectivity index (χ0v) is 14.5. The Bertz CT molecular complexity index is 696. The molecule has 1 aromatic carbocycles. The summed E-state index contributed by atoms with van der Waals surface area (Å²) in [5, 5.41) is 6.02. The fourth-order valence-corrected chi connectivity index (χ4v) is 2.12. The third-order valence-corrected chi connectivity index (χ3v) is 3.20. The van der Waals surface area contributed by atoms with Gasteiger partial charge in [0.1, 0.15) is 5.60 Å². The highest BCUT2D eigenvalue weighted by molar-refractivity contribution is 5.87. The average molecular weight is 328 g/mol. The highest BCUT2D eigenvalue weighted by atomic mass is 16.6. The van der Waals surface area contributed by atoms with Gasteiger partial charge >= 0.3 is 6.09 Å². The molecule has 0 bridgehead atoms.